The zero-order valence-electron chi connectivity index (χ0n) is 16.9. The molecule has 6 heteroatoms. The number of amides is 1. The molecule has 1 saturated carbocycles. The van der Waals surface area contributed by atoms with E-state index in [0.29, 0.717) is 31.1 Å². The van der Waals surface area contributed by atoms with E-state index in [9.17, 15) is 9.59 Å². The molecular weight excluding hydrogens is 372 g/mol. The Morgan fingerprint density at radius 2 is 1.68 bits per heavy atom. The molecule has 28 heavy (non-hydrogen) atoms. The lowest BCUT2D eigenvalue weighted by molar-refractivity contribution is -0.137. The van der Waals surface area contributed by atoms with Crippen molar-refractivity contribution in [3.63, 3.8) is 0 Å². The van der Waals surface area contributed by atoms with Gasteiger partial charge >= 0.3 is 0 Å². The molecule has 0 atom stereocenters. The van der Waals surface area contributed by atoms with Crippen LogP contribution in [0.1, 0.15) is 26.7 Å². The molecule has 3 rings (SSSR count). The van der Waals surface area contributed by atoms with Crippen molar-refractivity contribution in [2.24, 2.45) is 5.41 Å². The number of carbonyl (C=O) groups excluding carboxylic acids is 2. The van der Waals surface area contributed by atoms with E-state index in [1.807, 2.05) is 29.2 Å². The minimum Gasteiger partial charge on any atom is -0.497 e. The molecule has 1 heterocycles. The Kier molecular flexibility index (Phi) is 6.18. The second kappa shape index (κ2) is 8.43. The molecule has 2 fully saturated rings. The van der Waals surface area contributed by atoms with Crippen LogP contribution in [0, 0.1) is 5.41 Å². The highest BCUT2D eigenvalue weighted by Gasteiger charge is 2.47. The summed E-state index contributed by atoms with van der Waals surface area (Å²) in [5.74, 6) is 1.07. The van der Waals surface area contributed by atoms with E-state index in [2.05, 4.69) is 18.4 Å². The topological polar surface area (TPSA) is 49.9 Å². The fraction of sp³-hybridized carbons (Fsp3) is 0.455. The van der Waals surface area contributed by atoms with Crippen LogP contribution in [0.2, 0.25) is 0 Å². The second-order valence-corrected chi connectivity index (χ2v) is 8.68. The van der Waals surface area contributed by atoms with Crippen molar-refractivity contribution in [1.29, 1.82) is 0 Å². The third kappa shape index (κ3) is 4.43. The Hall–Kier alpha value is -2.21. The van der Waals surface area contributed by atoms with Gasteiger partial charge < -0.3 is 14.5 Å². The van der Waals surface area contributed by atoms with Crippen molar-refractivity contribution in [2.75, 3.05) is 33.3 Å². The van der Waals surface area contributed by atoms with Crippen LogP contribution in [0.3, 0.4) is 0 Å². The Morgan fingerprint density at radius 1 is 1.11 bits per heavy atom. The van der Waals surface area contributed by atoms with Crippen molar-refractivity contribution >= 4 is 23.5 Å². The number of allylic oxidation sites excluding steroid dienone is 2. The van der Waals surface area contributed by atoms with Crippen LogP contribution in [0.4, 0.5) is 0 Å². The summed E-state index contributed by atoms with van der Waals surface area (Å²) in [5.41, 5.74) is 0.715. The van der Waals surface area contributed by atoms with Crippen molar-refractivity contribution in [1.82, 2.24) is 9.80 Å². The van der Waals surface area contributed by atoms with Crippen LogP contribution in [0.25, 0.3) is 0 Å². The Labute approximate surface area is 171 Å². The van der Waals surface area contributed by atoms with E-state index in [1.165, 1.54) is 11.8 Å². The first-order valence-corrected chi connectivity index (χ1v) is 10.4. The summed E-state index contributed by atoms with van der Waals surface area (Å²) in [6.07, 6.45) is 3.75. The molecule has 0 radical (unpaired) electrons. The van der Waals surface area contributed by atoms with Crippen molar-refractivity contribution in [3.8, 4) is 5.75 Å². The normalized spacial score (nSPS) is 19.0. The van der Waals surface area contributed by atoms with Gasteiger partial charge in [-0.2, -0.15) is 0 Å². The largest absolute Gasteiger partial charge is 0.497 e. The van der Waals surface area contributed by atoms with Gasteiger partial charge in [0.1, 0.15) is 5.75 Å². The third-order valence-corrected chi connectivity index (χ3v) is 6.66. The van der Waals surface area contributed by atoms with Crippen LogP contribution in [0.5, 0.6) is 5.75 Å². The first-order chi connectivity index (χ1) is 13.4. The molecule has 0 aromatic heterocycles. The van der Waals surface area contributed by atoms with E-state index in [-0.39, 0.29) is 17.1 Å². The summed E-state index contributed by atoms with van der Waals surface area (Å²) >= 11 is 1.44. The van der Waals surface area contributed by atoms with Crippen LogP contribution < -0.4 is 4.74 Å². The number of rotatable bonds is 7. The van der Waals surface area contributed by atoms with Crippen molar-refractivity contribution < 1.29 is 14.3 Å². The van der Waals surface area contributed by atoms with E-state index < -0.39 is 0 Å². The molecule has 0 spiro atoms. The molecule has 1 aliphatic heterocycles. The molecule has 0 unspecified atom stereocenters. The number of nitrogens with zero attached hydrogens (tertiary/aromatic N) is 2. The Balaban J connectivity index is 1.74. The lowest BCUT2D eigenvalue weighted by Gasteiger charge is -2.38. The molecule has 1 saturated heterocycles. The third-order valence-electron chi connectivity index (χ3n) is 5.45. The highest BCUT2D eigenvalue weighted by molar-refractivity contribution is 8.04. The maximum absolute atomic E-state index is 12.6. The van der Waals surface area contributed by atoms with Crippen LogP contribution in [-0.2, 0) is 9.59 Å². The number of ether oxygens (including phenoxy) is 1. The van der Waals surface area contributed by atoms with Crippen molar-refractivity contribution in [2.45, 2.75) is 31.6 Å². The molecule has 1 amide bonds. The summed E-state index contributed by atoms with van der Waals surface area (Å²) < 4.78 is 5.20. The van der Waals surface area contributed by atoms with Crippen LogP contribution in [-0.4, -0.2) is 54.8 Å². The monoisotopic (exact) mass is 400 g/mol. The maximum atomic E-state index is 12.6. The fourth-order valence-corrected chi connectivity index (χ4v) is 4.33. The van der Waals surface area contributed by atoms with Gasteiger partial charge in [-0.3, -0.25) is 9.59 Å². The zero-order chi connectivity index (χ0) is 20.3. The van der Waals surface area contributed by atoms with Gasteiger partial charge in [0.2, 0.25) is 5.91 Å². The second-order valence-electron chi connectivity index (χ2n) is 7.59. The predicted octanol–water partition coefficient (Wildman–Crippen LogP) is 3.72. The number of benzene rings is 1. The molecule has 150 valence electrons. The first-order valence-electron chi connectivity index (χ1n) is 9.62. The Morgan fingerprint density at radius 3 is 2.14 bits per heavy atom. The van der Waals surface area contributed by atoms with Gasteiger partial charge in [0.15, 0.2) is 5.78 Å². The minimum atomic E-state index is -0.131. The SMILES string of the molecule is C=C/C(=C(/Sc1ccc(OC)cc1)C(C)=O)N1CCN(C(=O)C2(C)CC2)CC1. The molecular formula is C22H28N2O3S. The average Bonchev–Trinajstić information content (AvgIpc) is 3.46. The molecule has 0 N–H and O–H groups in total. The maximum Gasteiger partial charge on any atom is 0.228 e. The van der Waals surface area contributed by atoms with Gasteiger partial charge in [-0.1, -0.05) is 25.3 Å². The van der Waals surface area contributed by atoms with Crippen LogP contribution in [0.15, 0.2) is 52.4 Å². The average molecular weight is 401 g/mol. The molecule has 0 bridgehead atoms. The number of ketones is 1. The van der Waals surface area contributed by atoms with Gasteiger partial charge in [0.05, 0.1) is 17.7 Å². The summed E-state index contributed by atoms with van der Waals surface area (Å²) in [6, 6.07) is 7.66. The van der Waals surface area contributed by atoms with Gasteiger partial charge in [-0.15, -0.1) is 0 Å². The molecule has 1 aromatic rings. The number of hydrogen-bond donors (Lipinski definition) is 0. The van der Waals surface area contributed by atoms with E-state index >= 15 is 0 Å². The van der Waals surface area contributed by atoms with Gasteiger partial charge in [0, 0.05) is 36.5 Å². The summed E-state index contributed by atoms with van der Waals surface area (Å²) in [7, 11) is 1.63. The predicted molar refractivity (Wildman–Crippen MR) is 112 cm³/mol. The number of piperazine rings is 1. The lowest BCUT2D eigenvalue weighted by Crippen LogP contribution is -2.50. The molecule has 1 aromatic carbocycles. The number of thioether (sulfide) groups is 1. The van der Waals surface area contributed by atoms with E-state index in [0.717, 1.165) is 29.2 Å². The standard InChI is InChI=1S/C22H28N2O3S/c1-5-19(20(16(2)25)28-18-8-6-17(27-4)7-9-18)23-12-14-24(15-13-23)21(26)22(3)10-11-22/h5-9H,1,10-15H2,2-4H3/b20-19-. The summed E-state index contributed by atoms with van der Waals surface area (Å²) in [4.78, 5) is 30.7. The number of hydrogen-bond acceptors (Lipinski definition) is 5. The van der Waals surface area contributed by atoms with E-state index in [1.54, 1.807) is 20.1 Å². The van der Waals surface area contributed by atoms with Gasteiger partial charge in [-0.25, -0.2) is 0 Å². The highest BCUT2D eigenvalue weighted by atomic mass is 32.2. The highest BCUT2D eigenvalue weighted by Crippen LogP contribution is 2.46. The number of carbonyl (C=O) groups is 2. The number of methoxy groups -OCH3 is 1. The van der Waals surface area contributed by atoms with E-state index in [4.69, 9.17) is 4.74 Å². The minimum absolute atomic E-state index is 0.0136. The summed E-state index contributed by atoms with van der Waals surface area (Å²) in [5, 5.41) is 0. The van der Waals surface area contributed by atoms with Gasteiger partial charge in [-0.05, 0) is 50.1 Å². The van der Waals surface area contributed by atoms with Crippen molar-refractivity contribution in [3.05, 3.63) is 47.5 Å². The summed E-state index contributed by atoms with van der Waals surface area (Å²) in [6.45, 7) is 10.4. The fourth-order valence-electron chi connectivity index (χ4n) is 3.37. The molecule has 2 aliphatic rings. The zero-order valence-corrected chi connectivity index (χ0v) is 17.7. The quantitative estimate of drug-likeness (QED) is 0.397. The number of Topliss-reactive ketones (excluding diaryl/α,β-unsaturated/α-hetero) is 1. The molecule has 5 nitrogen and oxygen atoms in total. The lowest BCUT2D eigenvalue weighted by atomic mass is 10.1. The smallest absolute Gasteiger partial charge is 0.228 e. The van der Waals surface area contributed by atoms with Crippen LogP contribution >= 0.6 is 11.8 Å². The molecule has 1 aliphatic carbocycles. The van der Waals surface area contributed by atoms with Gasteiger partial charge in [0.25, 0.3) is 0 Å². The Bertz CT molecular complexity index is 789. The first kappa shape index (κ1) is 20.5.